The molecule has 0 radical (unpaired) electrons. The Bertz CT molecular complexity index is 996. The zero-order valence-corrected chi connectivity index (χ0v) is 13.6. The van der Waals surface area contributed by atoms with E-state index in [2.05, 4.69) is 15.3 Å². The molecule has 11 heteroatoms. The Morgan fingerprint density at radius 3 is 2.85 bits per heavy atom. The van der Waals surface area contributed by atoms with Crippen LogP contribution in [-0.4, -0.2) is 21.1 Å². The zero-order chi connectivity index (χ0) is 18.7. The summed E-state index contributed by atoms with van der Waals surface area (Å²) in [6.45, 7) is -0.121. The van der Waals surface area contributed by atoms with Crippen LogP contribution in [0.1, 0.15) is 23.8 Å². The van der Waals surface area contributed by atoms with Crippen LogP contribution in [0, 0.1) is 16.4 Å². The van der Waals surface area contributed by atoms with Crippen molar-refractivity contribution in [3.63, 3.8) is 0 Å². The maximum atomic E-state index is 13.5. The molecule has 6 nitrogen and oxygen atoms in total. The Morgan fingerprint density at radius 1 is 1.31 bits per heavy atom. The number of hydrogen-bond acceptors (Lipinski definition) is 5. The quantitative estimate of drug-likeness (QED) is 0.392. The number of ether oxygens (including phenoxy) is 1. The lowest BCUT2D eigenvalue weighted by atomic mass is 10.3. The zero-order valence-electron chi connectivity index (χ0n) is 12.8. The van der Waals surface area contributed by atoms with Crippen LogP contribution in [0.3, 0.4) is 0 Å². The third-order valence-electron chi connectivity index (χ3n) is 3.12. The average molecular weight is 386 g/mol. The fourth-order valence-corrected chi connectivity index (χ4v) is 2.14. The summed E-state index contributed by atoms with van der Waals surface area (Å²) in [6, 6.07) is 5.96. The fourth-order valence-electron chi connectivity index (χ4n) is 1.95. The monoisotopic (exact) mass is 386 g/mol. The Balaban J connectivity index is 1.68. The molecule has 0 amide bonds. The van der Waals surface area contributed by atoms with Crippen LogP contribution in [0.5, 0.6) is 5.75 Å². The highest BCUT2D eigenvalue weighted by molar-refractivity contribution is 7.71. The number of aromatic nitrogens is 3. The maximum Gasteiger partial charge on any atom is 0.299 e. The Labute approximate surface area is 148 Å². The Kier molecular flexibility index (Phi) is 5.16. The van der Waals surface area contributed by atoms with Gasteiger partial charge in [0, 0.05) is 6.07 Å². The first-order chi connectivity index (χ1) is 12.4. The normalized spacial score (nSPS) is 11.6. The van der Waals surface area contributed by atoms with Crippen molar-refractivity contribution < 1.29 is 26.7 Å². The van der Waals surface area contributed by atoms with Gasteiger partial charge in [0.15, 0.2) is 11.6 Å². The number of benzene rings is 1. The van der Waals surface area contributed by atoms with Gasteiger partial charge in [-0.25, -0.2) is 22.7 Å². The SMILES string of the molecule is Fc1ccc(OCc2ccc(C=Nn3c(C(F)F)n[nH]c3=S)o2)c(F)c1. The van der Waals surface area contributed by atoms with Crippen molar-refractivity contribution >= 4 is 18.4 Å². The number of furan rings is 1. The average Bonchev–Trinajstić information content (AvgIpc) is 3.18. The minimum Gasteiger partial charge on any atom is -0.483 e. The van der Waals surface area contributed by atoms with Gasteiger partial charge in [0.2, 0.25) is 10.6 Å². The fraction of sp³-hybridized carbons (Fsp3) is 0.133. The van der Waals surface area contributed by atoms with Gasteiger partial charge in [-0.1, -0.05) is 0 Å². The molecule has 2 heterocycles. The van der Waals surface area contributed by atoms with E-state index < -0.39 is 23.9 Å². The predicted octanol–water partition coefficient (Wildman–Crippen LogP) is 4.21. The molecule has 0 aliphatic heterocycles. The van der Waals surface area contributed by atoms with Crippen molar-refractivity contribution in [2.75, 3.05) is 0 Å². The molecule has 2 aromatic heterocycles. The van der Waals surface area contributed by atoms with Gasteiger partial charge in [0.1, 0.15) is 23.9 Å². The molecule has 136 valence electrons. The molecule has 3 aromatic rings. The highest BCUT2D eigenvalue weighted by atomic mass is 32.1. The van der Waals surface area contributed by atoms with Crippen molar-refractivity contribution in [2.45, 2.75) is 13.0 Å². The van der Waals surface area contributed by atoms with Crippen molar-refractivity contribution in [2.24, 2.45) is 5.10 Å². The molecule has 0 atom stereocenters. The Hall–Kier alpha value is -2.95. The first kappa shape index (κ1) is 17.9. The number of nitrogens with zero attached hydrogens (tertiary/aromatic N) is 3. The van der Waals surface area contributed by atoms with Crippen LogP contribution in [0.4, 0.5) is 17.6 Å². The lowest BCUT2D eigenvalue weighted by Crippen LogP contribution is -1.99. The smallest absolute Gasteiger partial charge is 0.299 e. The number of rotatable bonds is 6. The second-order valence-corrected chi connectivity index (χ2v) is 5.30. The van der Waals surface area contributed by atoms with E-state index in [9.17, 15) is 17.6 Å². The summed E-state index contributed by atoms with van der Waals surface area (Å²) < 4.78 is 63.1. The maximum absolute atomic E-state index is 13.5. The lowest BCUT2D eigenvalue weighted by Gasteiger charge is -2.05. The highest BCUT2D eigenvalue weighted by Crippen LogP contribution is 2.20. The van der Waals surface area contributed by atoms with Gasteiger partial charge in [-0.2, -0.15) is 14.9 Å². The topological polar surface area (TPSA) is 68.3 Å². The third-order valence-corrected chi connectivity index (χ3v) is 3.38. The number of alkyl halides is 2. The largest absolute Gasteiger partial charge is 0.483 e. The molecule has 26 heavy (non-hydrogen) atoms. The van der Waals surface area contributed by atoms with Crippen LogP contribution in [0.15, 0.2) is 39.9 Å². The Morgan fingerprint density at radius 2 is 2.12 bits per heavy atom. The number of halogens is 4. The second kappa shape index (κ2) is 7.52. The molecule has 0 saturated carbocycles. The molecule has 0 aliphatic carbocycles. The van der Waals surface area contributed by atoms with Gasteiger partial charge in [-0.3, -0.25) is 0 Å². The van der Waals surface area contributed by atoms with Crippen LogP contribution in [-0.2, 0) is 6.61 Å². The van der Waals surface area contributed by atoms with E-state index in [1.54, 1.807) is 0 Å². The van der Waals surface area contributed by atoms with Gasteiger partial charge >= 0.3 is 0 Å². The van der Waals surface area contributed by atoms with Gasteiger partial charge in [0.05, 0.1) is 6.21 Å². The second-order valence-electron chi connectivity index (χ2n) is 4.91. The van der Waals surface area contributed by atoms with Gasteiger partial charge < -0.3 is 9.15 Å². The molecular weight excluding hydrogens is 376 g/mol. The van der Waals surface area contributed by atoms with E-state index in [4.69, 9.17) is 21.4 Å². The molecule has 0 unspecified atom stereocenters. The third kappa shape index (κ3) is 3.99. The first-order valence-corrected chi connectivity index (χ1v) is 7.51. The molecule has 0 fully saturated rings. The van der Waals surface area contributed by atoms with Gasteiger partial charge in [-0.15, -0.1) is 0 Å². The molecule has 3 rings (SSSR count). The van der Waals surface area contributed by atoms with E-state index >= 15 is 0 Å². The molecule has 0 saturated heterocycles. The standard InChI is InChI=1S/C15H10F4N4O2S/c16-8-1-4-12(11(17)5-8)24-7-10-3-2-9(25-10)6-20-23-14(13(18)19)21-22-15(23)26/h1-6,13H,7H2,(H,22,26). The summed E-state index contributed by atoms with van der Waals surface area (Å²) >= 11 is 4.81. The lowest BCUT2D eigenvalue weighted by molar-refractivity contribution is 0.136. The number of nitrogens with one attached hydrogen (secondary N) is 1. The number of hydrogen-bond donors (Lipinski definition) is 1. The van der Waals surface area contributed by atoms with E-state index in [0.29, 0.717) is 11.8 Å². The van der Waals surface area contributed by atoms with Crippen LogP contribution >= 0.6 is 12.2 Å². The molecule has 0 bridgehead atoms. The highest BCUT2D eigenvalue weighted by Gasteiger charge is 2.16. The summed E-state index contributed by atoms with van der Waals surface area (Å²) in [7, 11) is 0. The molecule has 1 N–H and O–H groups in total. The molecule has 0 aliphatic rings. The van der Waals surface area contributed by atoms with Crippen LogP contribution in [0.25, 0.3) is 0 Å². The van der Waals surface area contributed by atoms with E-state index in [0.717, 1.165) is 16.8 Å². The number of aromatic amines is 1. The molecular formula is C15H10F4N4O2S. The van der Waals surface area contributed by atoms with Gasteiger partial charge in [-0.05, 0) is 36.5 Å². The van der Waals surface area contributed by atoms with Crippen LogP contribution < -0.4 is 4.74 Å². The van der Waals surface area contributed by atoms with Gasteiger partial charge in [0.25, 0.3) is 6.43 Å². The van der Waals surface area contributed by atoms with Crippen molar-refractivity contribution in [3.05, 3.63) is 64.1 Å². The summed E-state index contributed by atoms with van der Waals surface area (Å²) in [4.78, 5) is 0. The summed E-state index contributed by atoms with van der Waals surface area (Å²) in [5.41, 5.74) is 0. The molecule has 1 aromatic carbocycles. The minimum atomic E-state index is -2.86. The van der Waals surface area contributed by atoms with Crippen molar-refractivity contribution in [1.29, 1.82) is 0 Å². The van der Waals surface area contributed by atoms with Crippen molar-refractivity contribution in [1.82, 2.24) is 14.9 Å². The first-order valence-electron chi connectivity index (χ1n) is 7.10. The summed E-state index contributed by atoms with van der Waals surface area (Å²) in [5.74, 6) is -1.77. The summed E-state index contributed by atoms with van der Waals surface area (Å²) in [5, 5.41) is 9.39. The predicted molar refractivity (Wildman–Crippen MR) is 84.8 cm³/mol. The number of H-pyrrole nitrogens is 1. The molecule has 0 spiro atoms. The summed E-state index contributed by atoms with van der Waals surface area (Å²) in [6.07, 6.45) is -1.69. The van der Waals surface area contributed by atoms with E-state index in [1.807, 2.05) is 0 Å². The van der Waals surface area contributed by atoms with Crippen LogP contribution in [0.2, 0.25) is 0 Å². The van der Waals surface area contributed by atoms with E-state index in [1.165, 1.54) is 18.3 Å². The van der Waals surface area contributed by atoms with E-state index in [-0.39, 0.29) is 22.9 Å². The minimum absolute atomic E-state index is 0.0987. The van der Waals surface area contributed by atoms with Crippen molar-refractivity contribution in [3.8, 4) is 5.75 Å².